The van der Waals surface area contributed by atoms with Gasteiger partial charge in [0.1, 0.15) is 10.7 Å². The molecule has 0 aliphatic carbocycles. The zero-order valence-electron chi connectivity index (χ0n) is 10.2. The number of thiophene rings is 1. The van der Waals surface area contributed by atoms with Crippen LogP contribution in [0.5, 0.6) is 0 Å². The van der Waals surface area contributed by atoms with Gasteiger partial charge in [-0.3, -0.25) is 0 Å². The SMILES string of the molecule is CN(Cc1cccs1)S(=O)(=O)c1cccc(F)c1N. The van der Waals surface area contributed by atoms with Crippen LogP contribution in [0.3, 0.4) is 0 Å². The van der Waals surface area contributed by atoms with Crippen molar-refractivity contribution >= 4 is 27.0 Å². The molecule has 0 unspecified atom stereocenters. The van der Waals surface area contributed by atoms with Crippen LogP contribution in [0.1, 0.15) is 4.88 Å². The highest BCUT2D eigenvalue weighted by atomic mass is 32.2. The average molecular weight is 300 g/mol. The van der Waals surface area contributed by atoms with Crippen LogP contribution in [0, 0.1) is 5.82 Å². The molecule has 4 nitrogen and oxygen atoms in total. The van der Waals surface area contributed by atoms with E-state index < -0.39 is 15.8 Å². The van der Waals surface area contributed by atoms with E-state index in [0.29, 0.717) is 0 Å². The Morgan fingerprint density at radius 2 is 2.05 bits per heavy atom. The van der Waals surface area contributed by atoms with E-state index in [1.165, 1.54) is 30.5 Å². The molecule has 0 atom stereocenters. The zero-order valence-corrected chi connectivity index (χ0v) is 11.8. The first-order valence-corrected chi connectivity index (χ1v) is 7.77. The highest BCUT2D eigenvalue weighted by Gasteiger charge is 2.24. The van der Waals surface area contributed by atoms with Crippen molar-refractivity contribution in [3.8, 4) is 0 Å². The lowest BCUT2D eigenvalue weighted by atomic mass is 10.3. The minimum atomic E-state index is -3.79. The van der Waals surface area contributed by atoms with E-state index in [-0.39, 0.29) is 17.1 Å². The molecule has 1 heterocycles. The number of nitrogen functional groups attached to an aromatic ring is 1. The lowest BCUT2D eigenvalue weighted by Crippen LogP contribution is -2.27. The lowest BCUT2D eigenvalue weighted by molar-refractivity contribution is 0.469. The quantitative estimate of drug-likeness (QED) is 0.881. The van der Waals surface area contributed by atoms with Crippen molar-refractivity contribution in [2.45, 2.75) is 11.4 Å². The molecule has 0 bridgehead atoms. The topological polar surface area (TPSA) is 63.4 Å². The minimum absolute atomic E-state index is 0.202. The van der Waals surface area contributed by atoms with Crippen molar-refractivity contribution < 1.29 is 12.8 Å². The zero-order chi connectivity index (χ0) is 14.0. The molecule has 0 aliphatic rings. The smallest absolute Gasteiger partial charge is 0.245 e. The van der Waals surface area contributed by atoms with E-state index in [0.717, 1.165) is 15.2 Å². The second-order valence-electron chi connectivity index (χ2n) is 3.99. The first-order valence-electron chi connectivity index (χ1n) is 5.45. The molecule has 1 aromatic carbocycles. The molecule has 7 heteroatoms. The van der Waals surface area contributed by atoms with Gasteiger partial charge in [0.15, 0.2) is 0 Å². The number of nitrogens with zero attached hydrogens (tertiary/aromatic N) is 1. The largest absolute Gasteiger partial charge is 0.395 e. The number of anilines is 1. The van der Waals surface area contributed by atoms with Crippen molar-refractivity contribution in [3.63, 3.8) is 0 Å². The summed E-state index contributed by atoms with van der Waals surface area (Å²) in [6.45, 7) is 0.232. The molecule has 2 N–H and O–H groups in total. The fourth-order valence-electron chi connectivity index (χ4n) is 1.62. The summed E-state index contributed by atoms with van der Waals surface area (Å²) in [5.41, 5.74) is 5.15. The number of rotatable bonds is 4. The van der Waals surface area contributed by atoms with Crippen LogP contribution in [0.4, 0.5) is 10.1 Å². The van der Waals surface area contributed by atoms with Crippen LogP contribution >= 0.6 is 11.3 Å². The maximum absolute atomic E-state index is 13.3. The maximum atomic E-state index is 13.3. The molecule has 2 rings (SSSR count). The van der Waals surface area contributed by atoms with Crippen LogP contribution in [-0.2, 0) is 16.6 Å². The summed E-state index contributed by atoms with van der Waals surface area (Å²) in [5, 5.41) is 1.87. The molecule has 0 radical (unpaired) electrons. The van der Waals surface area contributed by atoms with Crippen LogP contribution in [-0.4, -0.2) is 19.8 Å². The predicted octanol–water partition coefficient (Wildman–Crippen LogP) is 2.29. The Balaban J connectivity index is 2.34. The molecular weight excluding hydrogens is 287 g/mol. The first-order chi connectivity index (χ1) is 8.93. The monoisotopic (exact) mass is 300 g/mol. The third-order valence-electron chi connectivity index (χ3n) is 2.66. The Kier molecular flexibility index (Phi) is 3.88. The van der Waals surface area contributed by atoms with Crippen LogP contribution in [0.25, 0.3) is 0 Å². The van der Waals surface area contributed by atoms with Crippen molar-refractivity contribution in [2.24, 2.45) is 0 Å². The minimum Gasteiger partial charge on any atom is -0.395 e. The van der Waals surface area contributed by atoms with E-state index in [1.54, 1.807) is 0 Å². The number of halogens is 1. The van der Waals surface area contributed by atoms with Crippen molar-refractivity contribution in [1.82, 2.24) is 4.31 Å². The molecule has 0 amide bonds. The maximum Gasteiger partial charge on any atom is 0.245 e. The highest BCUT2D eigenvalue weighted by Crippen LogP contribution is 2.25. The number of benzene rings is 1. The molecule has 1 aromatic heterocycles. The molecule has 0 saturated carbocycles. The van der Waals surface area contributed by atoms with Gasteiger partial charge < -0.3 is 5.73 Å². The molecular formula is C12H13FN2O2S2. The molecule has 0 spiro atoms. The normalized spacial score (nSPS) is 11.9. The Bertz CT molecular complexity index is 669. The van der Waals surface area contributed by atoms with E-state index >= 15 is 0 Å². The molecule has 2 aromatic rings. The molecule has 0 aliphatic heterocycles. The Hall–Kier alpha value is -1.44. The van der Waals surface area contributed by atoms with E-state index in [1.807, 2.05) is 17.5 Å². The van der Waals surface area contributed by atoms with Crippen LogP contribution in [0.15, 0.2) is 40.6 Å². The van der Waals surface area contributed by atoms with E-state index in [4.69, 9.17) is 5.73 Å². The summed E-state index contributed by atoms with van der Waals surface area (Å²) < 4.78 is 39.1. The standard InChI is InChI=1S/C12H13FN2O2S2/c1-15(8-9-4-3-7-18-9)19(16,17)11-6-2-5-10(13)12(11)14/h2-7H,8,14H2,1H3. The van der Waals surface area contributed by atoms with Gasteiger partial charge in [-0.1, -0.05) is 12.1 Å². The number of nitrogens with two attached hydrogens (primary N) is 1. The summed E-state index contributed by atoms with van der Waals surface area (Å²) in [5.74, 6) is -0.731. The second-order valence-corrected chi connectivity index (χ2v) is 7.04. The predicted molar refractivity (Wildman–Crippen MR) is 73.8 cm³/mol. The van der Waals surface area contributed by atoms with Gasteiger partial charge in [-0.05, 0) is 23.6 Å². The van der Waals surface area contributed by atoms with Gasteiger partial charge in [-0.2, -0.15) is 4.31 Å². The van der Waals surface area contributed by atoms with Crippen LogP contribution in [0.2, 0.25) is 0 Å². The third-order valence-corrected chi connectivity index (χ3v) is 5.38. The molecule has 102 valence electrons. The summed E-state index contributed by atoms with van der Waals surface area (Å²) >= 11 is 1.46. The highest BCUT2D eigenvalue weighted by molar-refractivity contribution is 7.89. The third kappa shape index (κ3) is 2.78. The summed E-state index contributed by atoms with van der Waals surface area (Å²) in [4.78, 5) is 0.701. The lowest BCUT2D eigenvalue weighted by Gasteiger charge is -2.17. The van der Waals surface area contributed by atoms with Crippen molar-refractivity contribution in [3.05, 3.63) is 46.4 Å². The average Bonchev–Trinajstić information content (AvgIpc) is 2.85. The number of hydrogen-bond donors (Lipinski definition) is 1. The van der Waals surface area contributed by atoms with Gasteiger partial charge in [0.25, 0.3) is 0 Å². The van der Waals surface area contributed by atoms with Crippen molar-refractivity contribution in [1.29, 1.82) is 0 Å². The van der Waals surface area contributed by atoms with Crippen LogP contribution < -0.4 is 5.73 Å². The van der Waals surface area contributed by atoms with Gasteiger partial charge in [-0.25, -0.2) is 12.8 Å². The molecule has 0 saturated heterocycles. The Labute approximate surface area is 115 Å². The van der Waals surface area contributed by atoms with Gasteiger partial charge in [0.05, 0.1) is 5.69 Å². The van der Waals surface area contributed by atoms with E-state index in [2.05, 4.69) is 0 Å². The van der Waals surface area contributed by atoms with Gasteiger partial charge in [-0.15, -0.1) is 11.3 Å². The molecule has 0 fully saturated rings. The second kappa shape index (κ2) is 5.28. The molecule has 19 heavy (non-hydrogen) atoms. The Morgan fingerprint density at radius 3 is 2.68 bits per heavy atom. The van der Waals surface area contributed by atoms with E-state index in [9.17, 15) is 12.8 Å². The van der Waals surface area contributed by atoms with Gasteiger partial charge >= 0.3 is 0 Å². The Morgan fingerprint density at radius 1 is 1.32 bits per heavy atom. The number of sulfonamides is 1. The summed E-state index contributed by atoms with van der Waals surface area (Å²) in [6, 6.07) is 7.45. The fourth-order valence-corrected chi connectivity index (χ4v) is 3.73. The number of para-hydroxylation sites is 1. The van der Waals surface area contributed by atoms with Gasteiger partial charge in [0, 0.05) is 18.5 Å². The van der Waals surface area contributed by atoms with Crippen molar-refractivity contribution in [2.75, 3.05) is 12.8 Å². The summed E-state index contributed by atoms with van der Waals surface area (Å²) in [6.07, 6.45) is 0. The summed E-state index contributed by atoms with van der Waals surface area (Å²) in [7, 11) is -2.35. The van der Waals surface area contributed by atoms with Gasteiger partial charge in [0.2, 0.25) is 10.0 Å². The first kappa shape index (κ1) is 14.0. The number of hydrogen-bond acceptors (Lipinski definition) is 4. The fraction of sp³-hybridized carbons (Fsp3) is 0.167.